The molecule has 0 aliphatic heterocycles. The predicted octanol–water partition coefficient (Wildman–Crippen LogP) is 5.33. The van der Waals surface area contributed by atoms with E-state index in [-0.39, 0.29) is 23.6 Å². The number of rotatable bonds is 4. The maximum absolute atomic E-state index is 12.6. The molecule has 2 aromatic rings. The average molecular weight is 391 g/mol. The number of halogens is 6. The molecule has 0 fully saturated rings. The van der Waals surface area contributed by atoms with Gasteiger partial charge in [0.05, 0.1) is 5.56 Å². The smallest absolute Gasteiger partial charge is 0.457 e. The number of carbonyl (C=O) groups is 1. The van der Waals surface area contributed by atoms with E-state index in [1.165, 1.54) is 6.07 Å². The van der Waals surface area contributed by atoms with Crippen LogP contribution in [0, 0.1) is 6.92 Å². The summed E-state index contributed by atoms with van der Waals surface area (Å²) in [7, 11) is 1.00. The SMILES string of the molecule is Cc1ccc(Oc2ccc(C(F)(F)F)cc2)c(CN(C)C(=O)C(F)(F)F)c1. The maximum atomic E-state index is 12.6. The number of nitrogens with zero attached hydrogens (tertiary/aromatic N) is 1. The van der Waals surface area contributed by atoms with Crippen molar-refractivity contribution in [2.45, 2.75) is 25.8 Å². The third kappa shape index (κ3) is 5.38. The first kappa shape index (κ1) is 20.6. The quantitative estimate of drug-likeness (QED) is 0.660. The Bertz CT molecular complexity index is 812. The molecular weight excluding hydrogens is 376 g/mol. The molecule has 9 heteroatoms. The third-order valence-corrected chi connectivity index (χ3v) is 3.62. The third-order valence-electron chi connectivity index (χ3n) is 3.62. The van der Waals surface area contributed by atoms with Crippen molar-refractivity contribution in [2.75, 3.05) is 7.05 Å². The molecule has 1 amide bonds. The standard InChI is InChI=1S/C18H15F6NO2/c1-11-3-8-15(12(9-11)10-25(2)16(26)18(22,23)24)27-14-6-4-13(5-7-14)17(19,20)21/h3-9H,10H2,1-2H3. The van der Waals surface area contributed by atoms with E-state index in [0.717, 1.165) is 36.9 Å². The van der Waals surface area contributed by atoms with Gasteiger partial charge in [-0.1, -0.05) is 17.7 Å². The second-order valence-corrected chi connectivity index (χ2v) is 5.89. The van der Waals surface area contributed by atoms with Crippen LogP contribution < -0.4 is 4.74 Å². The highest BCUT2D eigenvalue weighted by Gasteiger charge is 2.41. The van der Waals surface area contributed by atoms with Crippen molar-refractivity contribution in [3.8, 4) is 11.5 Å². The summed E-state index contributed by atoms with van der Waals surface area (Å²) in [4.78, 5) is 11.8. The Balaban J connectivity index is 2.24. The second-order valence-electron chi connectivity index (χ2n) is 5.89. The molecule has 146 valence electrons. The van der Waals surface area contributed by atoms with Crippen molar-refractivity contribution in [1.29, 1.82) is 0 Å². The molecule has 0 spiro atoms. The van der Waals surface area contributed by atoms with Gasteiger partial charge in [0.25, 0.3) is 0 Å². The zero-order chi connectivity index (χ0) is 20.4. The fraction of sp³-hybridized carbons (Fsp3) is 0.278. The molecule has 0 saturated carbocycles. The monoisotopic (exact) mass is 391 g/mol. The molecule has 0 unspecified atom stereocenters. The van der Waals surface area contributed by atoms with Crippen LogP contribution in [-0.4, -0.2) is 24.0 Å². The summed E-state index contributed by atoms with van der Waals surface area (Å²) < 4.78 is 81.0. The van der Waals surface area contributed by atoms with Gasteiger partial charge in [0.2, 0.25) is 0 Å². The number of benzene rings is 2. The summed E-state index contributed by atoms with van der Waals surface area (Å²) >= 11 is 0. The minimum atomic E-state index is -5.01. The Labute approximate surface area is 151 Å². The van der Waals surface area contributed by atoms with Crippen LogP contribution in [0.15, 0.2) is 42.5 Å². The number of hydrogen-bond acceptors (Lipinski definition) is 2. The lowest BCUT2D eigenvalue weighted by Crippen LogP contribution is -2.38. The highest BCUT2D eigenvalue weighted by atomic mass is 19.4. The first-order valence-electron chi connectivity index (χ1n) is 7.65. The summed E-state index contributed by atoms with van der Waals surface area (Å²) in [6.07, 6.45) is -9.50. The summed E-state index contributed by atoms with van der Waals surface area (Å²) in [5.41, 5.74) is 0.155. The van der Waals surface area contributed by atoms with Crippen molar-refractivity contribution in [1.82, 2.24) is 4.90 Å². The summed E-state index contributed by atoms with van der Waals surface area (Å²) in [5.74, 6) is -1.79. The van der Waals surface area contributed by atoms with E-state index in [0.29, 0.717) is 4.90 Å². The van der Waals surface area contributed by atoms with Crippen molar-refractivity contribution in [3.63, 3.8) is 0 Å². The highest BCUT2D eigenvalue weighted by molar-refractivity contribution is 5.81. The van der Waals surface area contributed by atoms with E-state index in [4.69, 9.17) is 4.74 Å². The van der Waals surface area contributed by atoms with Gasteiger partial charge in [-0.25, -0.2) is 0 Å². The maximum Gasteiger partial charge on any atom is 0.471 e. The average Bonchev–Trinajstić information content (AvgIpc) is 2.55. The topological polar surface area (TPSA) is 29.5 Å². The molecular formula is C18H15F6NO2. The van der Waals surface area contributed by atoms with Crippen LogP contribution in [0.4, 0.5) is 26.3 Å². The van der Waals surface area contributed by atoms with Crippen LogP contribution >= 0.6 is 0 Å². The molecule has 0 aliphatic rings. The number of alkyl halides is 6. The lowest BCUT2D eigenvalue weighted by molar-refractivity contribution is -0.184. The molecule has 0 N–H and O–H groups in total. The van der Waals surface area contributed by atoms with E-state index in [1.807, 2.05) is 0 Å². The molecule has 0 atom stereocenters. The van der Waals surface area contributed by atoms with Gasteiger partial charge in [-0.05, 0) is 37.3 Å². The van der Waals surface area contributed by atoms with E-state index in [9.17, 15) is 31.1 Å². The van der Waals surface area contributed by atoms with Gasteiger partial charge < -0.3 is 9.64 Å². The van der Waals surface area contributed by atoms with E-state index in [2.05, 4.69) is 0 Å². The fourth-order valence-electron chi connectivity index (χ4n) is 2.31. The van der Waals surface area contributed by atoms with E-state index < -0.39 is 23.8 Å². The van der Waals surface area contributed by atoms with Crippen LogP contribution in [0.3, 0.4) is 0 Å². The molecule has 0 heterocycles. The zero-order valence-corrected chi connectivity index (χ0v) is 14.3. The van der Waals surface area contributed by atoms with Gasteiger partial charge in [0.1, 0.15) is 11.5 Å². The Morgan fingerprint density at radius 1 is 1.00 bits per heavy atom. The lowest BCUT2D eigenvalue weighted by atomic mass is 10.1. The van der Waals surface area contributed by atoms with Crippen LogP contribution in [0.2, 0.25) is 0 Å². The predicted molar refractivity (Wildman–Crippen MR) is 85.2 cm³/mol. The fourth-order valence-corrected chi connectivity index (χ4v) is 2.31. The summed E-state index contributed by atoms with van der Waals surface area (Å²) in [6.45, 7) is 1.33. The van der Waals surface area contributed by atoms with E-state index in [1.54, 1.807) is 19.1 Å². The molecule has 0 saturated heterocycles. The summed E-state index contributed by atoms with van der Waals surface area (Å²) in [5, 5.41) is 0. The number of aryl methyl sites for hydroxylation is 1. The van der Waals surface area contributed by atoms with Crippen molar-refractivity contribution in [2.24, 2.45) is 0 Å². The number of amides is 1. The minimum absolute atomic E-state index is 0.0814. The Morgan fingerprint density at radius 2 is 1.59 bits per heavy atom. The molecule has 3 nitrogen and oxygen atoms in total. The van der Waals surface area contributed by atoms with Crippen molar-refractivity contribution >= 4 is 5.91 Å². The Hall–Kier alpha value is -2.71. The molecule has 0 aliphatic carbocycles. The molecule has 0 aromatic heterocycles. The zero-order valence-electron chi connectivity index (χ0n) is 14.3. The normalized spacial score (nSPS) is 12.0. The van der Waals surface area contributed by atoms with Crippen molar-refractivity contribution in [3.05, 3.63) is 59.2 Å². The number of ether oxygens (including phenoxy) is 1. The largest absolute Gasteiger partial charge is 0.471 e. The molecule has 2 aromatic carbocycles. The van der Waals surface area contributed by atoms with Crippen molar-refractivity contribution < 1.29 is 35.9 Å². The van der Waals surface area contributed by atoms with Gasteiger partial charge in [-0.15, -0.1) is 0 Å². The molecule has 0 bridgehead atoms. The highest BCUT2D eigenvalue weighted by Crippen LogP contribution is 2.33. The van der Waals surface area contributed by atoms with Crippen LogP contribution in [0.1, 0.15) is 16.7 Å². The summed E-state index contributed by atoms with van der Waals surface area (Å²) in [6, 6.07) is 8.54. The van der Waals surface area contributed by atoms with Gasteiger partial charge in [0.15, 0.2) is 0 Å². The van der Waals surface area contributed by atoms with Gasteiger partial charge >= 0.3 is 18.3 Å². The Morgan fingerprint density at radius 3 is 2.11 bits per heavy atom. The van der Waals surface area contributed by atoms with Gasteiger partial charge in [-0.2, -0.15) is 26.3 Å². The van der Waals surface area contributed by atoms with Crippen LogP contribution in [0.5, 0.6) is 11.5 Å². The molecule has 2 rings (SSSR count). The van der Waals surface area contributed by atoms with Crippen LogP contribution in [-0.2, 0) is 17.5 Å². The van der Waals surface area contributed by atoms with Gasteiger partial charge in [-0.3, -0.25) is 4.79 Å². The number of hydrogen-bond donors (Lipinski definition) is 0. The van der Waals surface area contributed by atoms with E-state index >= 15 is 0 Å². The van der Waals surface area contributed by atoms with Gasteiger partial charge in [0, 0.05) is 19.2 Å². The number of carbonyl (C=O) groups excluding carboxylic acids is 1. The molecule has 0 radical (unpaired) electrons. The minimum Gasteiger partial charge on any atom is -0.457 e. The molecule has 27 heavy (non-hydrogen) atoms. The Kier molecular flexibility index (Phi) is 5.72. The first-order chi connectivity index (χ1) is 12.4. The lowest BCUT2D eigenvalue weighted by Gasteiger charge is -2.21. The second kappa shape index (κ2) is 7.50. The first-order valence-corrected chi connectivity index (χ1v) is 7.65. The van der Waals surface area contributed by atoms with Crippen LogP contribution in [0.25, 0.3) is 0 Å².